The molecule has 0 unspecified atom stereocenters. The Labute approximate surface area is 104 Å². The fraction of sp³-hybridized carbons (Fsp3) is 0.364. The van der Waals surface area contributed by atoms with Crippen LogP contribution in [-0.4, -0.2) is 23.4 Å². The zero-order valence-corrected chi connectivity index (χ0v) is 10.1. The minimum atomic E-state index is -0.477. The number of non-ortho nitro benzene ring substituents is 1. The molecular weight excluding hydrogens is 242 g/mol. The Morgan fingerprint density at radius 2 is 2.29 bits per heavy atom. The van der Waals surface area contributed by atoms with Gasteiger partial charge in [0.05, 0.1) is 16.0 Å². The molecule has 17 heavy (non-hydrogen) atoms. The smallest absolute Gasteiger partial charge is 0.270 e. The molecule has 0 fully saturated rings. The van der Waals surface area contributed by atoms with Crippen LogP contribution in [0.5, 0.6) is 0 Å². The minimum absolute atomic E-state index is 0.0153. The third-order valence-electron chi connectivity index (χ3n) is 2.29. The van der Waals surface area contributed by atoms with E-state index in [1.807, 2.05) is 11.9 Å². The summed E-state index contributed by atoms with van der Waals surface area (Å²) in [6.07, 6.45) is 0.446. The van der Waals surface area contributed by atoms with E-state index in [-0.39, 0.29) is 5.69 Å². The molecule has 0 aliphatic carbocycles. The fourth-order valence-electron chi connectivity index (χ4n) is 1.39. The summed E-state index contributed by atoms with van der Waals surface area (Å²) in [5.74, 6) is 0. The molecule has 0 spiro atoms. The molecule has 0 aliphatic rings. The van der Waals surface area contributed by atoms with Crippen LogP contribution in [0, 0.1) is 21.4 Å². The second-order valence-corrected chi connectivity index (χ2v) is 4.09. The van der Waals surface area contributed by atoms with Gasteiger partial charge in [-0.25, -0.2) is 0 Å². The van der Waals surface area contributed by atoms with E-state index in [1.165, 1.54) is 12.1 Å². The SMILES string of the molecule is CN(CCC#N)Cc1ccc([N+](=O)[O-])cc1Cl. The molecule has 1 rings (SSSR count). The van der Waals surface area contributed by atoms with Crippen molar-refractivity contribution in [2.45, 2.75) is 13.0 Å². The second-order valence-electron chi connectivity index (χ2n) is 3.68. The van der Waals surface area contributed by atoms with Gasteiger partial charge in [-0.2, -0.15) is 5.26 Å². The first-order chi connectivity index (χ1) is 8.04. The fourth-order valence-corrected chi connectivity index (χ4v) is 1.62. The van der Waals surface area contributed by atoms with E-state index in [1.54, 1.807) is 6.07 Å². The van der Waals surface area contributed by atoms with Crippen LogP contribution in [0.4, 0.5) is 5.69 Å². The minimum Gasteiger partial charge on any atom is -0.301 e. The largest absolute Gasteiger partial charge is 0.301 e. The molecule has 90 valence electrons. The number of rotatable bonds is 5. The Kier molecular flexibility index (Phi) is 4.88. The number of benzene rings is 1. The molecule has 0 saturated carbocycles. The number of halogens is 1. The summed E-state index contributed by atoms with van der Waals surface area (Å²) in [6, 6.07) is 6.47. The first-order valence-electron chi connectivity index (χ1n) is 5.03. The predicted octanol–water partition coefficient (Wildman–Crippen LogP) is 2.59. The van der Waals surface area contributed by atoms with Crippen LogP contribution in [0.25, 0.3) is 0 Å². The zero-order valence-electron chi connectivity index (χ0n) is 9.39. The third kappa shape index (κ3) is 4.02. The molecule has 0 aromatic heterocycles. The van der Waals surface area contributed by atoms with Crippen molar-refractivity contribution in [2.24, 2.45) is 0 Å². The van der Waals surface area contributed by atoms with Gasteiger partial charge in [-0.05, 0) is 18.7 Å². The Bertz CT molecular complexity index is 457. The van der Waals surface area contributed by atoms with Crippen LogP contribution in [0.1, 0.15) is 12.0 Å². The number of hydrogen-bond donors (Lipinski definition) is 0. The van der Waals surface area contributed by atoms with Crippen molar-refractivity contribution < 1.29 is 4.92 Å². The Balaban J connectivity index is 2.73. The second kappa shape index (κ2) is 6.18. The van der Waals surface area contributed by atoms with Gasteiger partial charge in [-0.1, -0.05) is 11.6 Å². The van der Waals surface area contributed by atoms with Gasteiger partial charge in [-0.15, -0.1) is 0 Å². The quantitative estimate of drug-likeness (QED) is 0.597. The maximum Gasteiger partial charge on any atom is 0.270 e. The summed E-state index contributed by atoms with van der Waals surface area (Å²) in [6.45, 7) is 1.21. The van der Waals surface area contributed by atoms with Crippen molar-refractivity contribution in [1.82, 2.24) is 4.90 Å². The lowest BCUT2D eigenvalue weighted by Gasteiger charge is -2.15. The summed E-state index contributed by atoms with van der Waals surface area (Å²) < 4.78 is 0. The average Bonchev–Trinajstić information content (AvgIpc) is 2.28. The van der Waals surface area contributed by atoms with E-state index in [9.17, 15) is 10.1 Å². The van der Waals surface area contributed by atoms with Gasteiger partial charge in [0, 0.05) is 31.6 Å². The van der Waals surface area contributed by atoms with Crippen LogP contribution in [0.2, 0.25) is 5.02 Å². The van der Waals surface area contributed by atoms with Crippen molar-refractivity contribution >= 4 is 17.3 Å². The van der Waals surface area contributed by atoms with Crippen LogP contribution in [0.3, 0.4) is 0 Å². The van der Waals surface area contributed by atoms with Crippen molar-refractivity contribution in [3.8, 4) is 6.07 Å². The number of nitriles is 1. The molecule has 1 aromatic rings. The van der Waals surface area contributed by atoms with Crippen molar-refractivity contribution in [1.29, 1.82) is 5.26 Å². The van der Waals surface area contributed by atoms with E-state index in [0.717, 1.165) is 5.56 Å². The zero-order chi connectivity index (χ0) is 12.8. The topological polar surface area (TPSA) is 70.2 Å². The highest BCUT2D eigenvalue weighted by atomic mass is 35.5. The number of nitro benzene ring substituents is 1. The molecule has 5 nitrogen and oxygen atoms in total. The van der Waals surface area contributed by atoms with Crippen molar-refractivity contribution in [3.05, 3.63) is 38.9 Å². The normalized spacial score (nSPS) is 10.2. The highest BCUT2D eigenvalue weighted by Gasteiger charge is 2.10. The molecule has 1 aromatic carbocycles. The molecule has 0 radical (unpaired) electrons. The molecule has 0 amide bonds. The van der Waals surface area contributed by atoms with Crippen LogP contribution >= 0.6 is 11.6 Å². The highest BCUT2D eigenvalue weighted by molar-refractivity contribution is 6.31. The average molecular weight is 254 g/mol. The van der Waals surface area contributed by atoms with Crippen LogP contribution < -0.4 is 0 Å². The van der Waals surface area contributed by atoms with Gasteiger partial charge >= 0.3 is 0 Å². The Morgan fingerprint density at radius 1 is 1.59 bits per heavy atom. The van der Waals surface area contributed by atoms with Crippen molar-refractivity contribution in [3.63, 3.8) is 0 Å². The number of hydrogen-bond acceptors (Lipinski definition) is 4. The molecule has 0 heterocycles. The Morgan fingerprint density at radius 3 is 2.82 bits per heavy atom. The van der Waals surface area contributed by atoms with Gasteiger partial charge in [0.1, 0.15) is 0 Å². The van der Waals surface area contributed by atoms with E-state index in [0.29, 0.717) is 24.5 Å². The van der Waals surface area contributed by atoms with E-state index < -0.39 is 4.92 Å². The molecular formula is C11H12ClN3O2. The summed E-state index contributed by atoms with van der Waals surface area (Å²) in [7, 11) is 1.87. The summed E-state index contributed by atoms with van der Waals surface area (Å²) in [5, 5.41) is 19.4. The first kappa shape index (κ1) is 13.4. The lowest BCUT2D eigenvalue weighted by Crippen LogP contribution is -2.18. The van der Waals surface area contributed by atoms with Crippen molar-refractivity contribution in [2.75, 3.05) is 13.6 Å². The van der Waals surface area contributed by atoms with Crippen LogP contribution in [-0.2, 0) is 6.54 Å². The monoisotopic (exact) mass is 253 g/mol. The maximum atomic E-state index is 10.5. The standard InChI is InChI=1S/C11H12ClN3O2/c1-14(6-2-5-13)8-9-3-4-10(15(16)17)7-11(9)12/h3-4,7H,2,6,8H2,1H3. The molecule has 0 saturated heterocycles. The molecule has 0 bridgehead atoms. The maximum absolute atomic E-state index is 10.5. The van der Waals surface area contributed by atoms with Gasteiger partial charge < -0.3 is 4.90 Å². The summed E-state index contributed by atoms with van der Waals surface area (Å²) >= 11 is 5.96. The van der Waals surface area contributed by atoms with E-state index in [2.05, 4.69) is 6.07 Å². The first-order valence-corrected chi connectivity index (χ1v) is 5.40. The Hall–Kier alpha value is -1.64. The van der Waals surface area contributed by atoms with Gasteiger partial charge in [0.25, 0.3) is 5.69 Å². The third-order valence-corrected chi connectivity index (χ3v) is 2.64. The lowest BCUT2D eigenvalue weighted by molar-refractivity contribution is -0.384. The highest BCUT2D eigenvalue weighted by Crippen LogP contribution is 2.23. The summed E-state index contributed by atoms with van der Waals surface area (Å²) in [5.41, 5.74) is 0.802. The number of nitro groups is 1. The van der Waals surface area contributed by atoms with E-state index in [4.69, 9.17) is 16.9 Å². The molecule has 0 N–H and O–H groups in total. The molecule has 6 heteroatoms. The lowest BCUT2D eigenvalue weighted by atomic mass is 10.2. The van der Waals surface area contributed by atoms with Crippen LogP contribution in [0.15, 0.2) is 18.2 Å². The van der Waals surface area contributed by atoms with E-state index >= 15 is 0 Å². The molecule has 0 atom stereocenters. The van der Waals surface area contributed by atoms with Gasteiger partial charge in [-0.3, -0.25) is 10.1 Å². The van der Waals surface area contributed by atoms with Gasteiger partial charge in [0.2, 0.25) is 0 Å². The predicted molar refractivity (Wildman–Crippen MR) is 64.7 cm³/mol. The summed E-state index contributed by atoms with van der Waals surface area (Å²) in [4.78, 5) is 12.0. The number of nitrogens with zero attached hydrogens (tertiary/aromatic N) is 3. The van der Waals surface area contributed by atoms with Gasteiger partial charge in [0.15, 0.2) is 0 Å². The molecule has 0 aliphatic heterocycles.